The van der Waals surface area contributed by atoms with Crippen molar-refractivity contribution in [3.8, 4) is 0 Å². The van der Waals surface area contributed by atoms with E-state index in [4.69, 9.17) is 14.9 Å². The fourth-order valence-corrected chi connectivity index (χ4v) is 2.56. The van der Waals surface area contributed by atoms with Crippen LogP contribution < -0.4 is 10.6 Å². The quantitative estimate of drug-likeness (QED) is 0.522. The van der Waals surface area contributed by atoms with E-state index in [0.29, 0.717) is 18.0 Å². The van der Waals surface area contributed by atoms with Gasteiger partial charge in [0.05, 0.1) is 17.2 Å². The second kappa shape index (κ2) is 9.52. The Hall–Kier alpha value is -3.39. The maximum absolute atomic E-state index is 12.8. The van der Waals surface area contributed by atoms with E-state index in [9.17, 15) is 14.4 Å². The highest BCUT2D eigenvalue weighted by Gasteiger charge is 2.26. The van der Waals surface area contributed by atoms with E-state index < -0.39 is 24.1 Å². The summed E-state index contributed by atoms with van der Waals surface area (Å²) < 4.78 is 5.55. The van der Waals surface area contributed by atoms with Crippen molar-refractivity contribution in [1.82, 2.24) is 0 Å². The minimum absolute atomic E-state index is 0.119. The smallest absolute Gasteiger partial charge is 0.335 e. The Labute approximate surface area is 162 Å². The van der Waals surface area contributed by atoms with E-state index in [1.54, 1.807) is 19.1 Å². The Balaban J connectivity index is 2.15. The predicted octanol–water partition coefficient (Wildman–Crippen LogP) is 2.93. The molecule has 0 saturated heterocycles. The van der Waals surface area contributed by atoms with Gasteiger partial charge in [-0.2, -0.15) is 0 Å². The van der Waals surface area contributed by atoms with Gasteiger partial charge < -0.3 is 25.6 Å². The fourth-order valence-electron chi connectivity index (χ4n) is 2.56. The van der Waals surface area contributed by atoms with Crippen LogP contribution in [0.5, 0.6) is 0 Å². The molecule has 0 aliphatic heterocycles. The molecule has 2 unspecified atom stereocenters. The van der Waals surface area contributed by atoms with Gasteiger partial charge in [-0.3, -0.25) is 4.79 Å². The molecule has 8 nitrogen and oxygen atoms in total. The molecule has 1 amide bonds. The molecule has 0 fully saturated rings. The molecule has 28 heavy (non-hydrogen) atoms. The Morgan fingerprint density at radius 2 is 1.36 bits per heavy atom. The van der Waals surface area contributed by atoms with Crippen molar-refractivity contribution in [1.29, 1.82) is 0 Å². The van der Waals surface area contributed by atoms with Gasteiger partial charge in [0.2, 0.25) is 5.91 Å². The van der Waals surface area contributed by atoms with E-state index in [1.807, 2.05) is 6.92 Å². The Bertz CT molecular complexity index is 833. The topological polar surface area (TPSA) is 125 Å². The largest absolute Gasteiger partial charge is 0.478 e. The van der Waals surface area contributed by atoms with E-state index in [1.165, 1.54) is 36.4 Å². The number of carbonyl (C=O) groups excluding carboxylic acids is 1. The van der Waals surface area contributed by atoms with Gasteiger partial charge in [0.25, 0.3) is 0 Å². The Kier molecular flexibility index (Phi) is 7.11. The molecule has 2 atom stereocenters. The van der Waals surface area contributed by atoms with Crippen molar-refractivity contribution in [2.45, 2.75) is 26.0 Å². The van der Waals surface area contributed by atoms with Crippen molar-refractivity contribution in [2.24, 2.45) is 0 Å². The number of carbonyl (C=O) groups is 3. The van der Waals surface area contributed by atoms with Gasteiger partial charge in [0.15, 0.2) is 0 Å². The highest BCUT2D eigenvalue weighted by atomic mass is 16.5. The van der Waals surface area contributed by atoms with Gasteiger partial charge in [-0.25, -0.2) is 9.59 Å². The summed E-state index contributed by atoms with van der Waals surface area (Å²) in [5.41, 5.74) is 1.28. The van der Waals surface area contributed by atoms with Crippen LogP contribution in [0.25, 0.3) is 0 Å². The summed E-state index contributed by atoms with van der Waals surface area (Å²) >= 11 is 0. The zero-order chi connectivity index (χ0) is 20.7. The summed E-state index contributed by atoms with van der Waals surface area (Å²) in [6.45, 7) is 3.98. The number of carboxylic acids is 2. The van der Waals surface area contributed by atoms with Crippen LogP contribution in [0.15, 0.2) is 48.5 Å². The number of carboxylic acid groups (broad SMARTS) is 2. The summed E-state index contributed by atoms with van der Waals surface area (Å²) in [5, 5.41) is 23.7. The zero-order valence-corrected chi connectivity index (χ0v) is 15.5. The Morgan fingerprint density at radius 3 is 1.79 bits per heavy atom. The van der Waals surface area contributed by atoms with Gasteiger partial charge in [-0.15, -0.1) is 0 Å². The van der Waals surface area contributed by atoms with Crippen LogP contribution in [0.4, 0.5) is 11.4 Å². The molecule has 2 aromatic rings. The van der Waals surface area contributed by atoms with Gasteiger partial charge in [0.1, 0.15) is 6.04 Å². The lowest BCUT2D eigenvalue weighted by atomic mass is 10.1. The second-order valence-corrected chi connectivity index (χ2v) is 6.04. The van der Waals surface area contributed by atoms with E-state index >= 15 is 0 Å². The summed E-state index contributed by atoms with van der Waals surface area (Å²) in [6.07, 6.45) is -0.470. The third-order valence-corrected chi connectivity index (χ3v) is 4.03. The van der Waals surface area contributed by atoms with Crippen LogP contribution in [0.1, 0.15) is 34.6 Å². The first kappa shape index (κ1) is 20.9. The lowest BCUT2D eigenvalue weighted by Gasteiger charge is -2.25. The first-order valence-electron chi connectivity index (χ1n) is 8.67. The van der Waals surface area contributed by atoms with Crippen molar-refractivity contribution in [2.75, 3.05) is 17.2 Å². The monoisotopic (exact) mass is 386 g/mol. The van der Waals surface area contributed by atoms with E-state index in [-0.39, 0.29) is 17.0 Å². The molecule has 2 rings (SSSR count). The molecule has 8 heteroatoms. The van der Waals surface area contributed by atoms with Crippen molar-refractivity contribution >= 4 is 29.2 Å². The van der Waals surface area contributed by atoms with Crippen LogP contribution in [0.2, 0.25) is 0 Å². The maximum Gasteiger partial charge on any atom is 0.335 e. The molecule has 2 aromatic carbocycles. The third kappa shape index (κ3) is 5.55. The van der Waals surface area contributed by atoms with Crippen LogP contribution in [-0.2, 0) is 9.53 Å². The average molecular weight is 386 g/mol. The highest BCUT2D eigenvalue weighted by Crippen LogP contribution is 2.16. The molecule has 0 aliphatic carbocycles. The molecule has 0 aliphatic rings. The molecule has 0 saturated carbocycles. The number of hydrogen-bond acceptors (Lipinski definition) is 5. The molecule has 148 valence electrons. The fraction of sp³-hybridized carbons (Fsp3) is 0.250. The highest BCUT2D eigenvalue weighted by molar-refractivity contribution is 5.97. The number of amides is 1. The summed E-state index contributed by atoms with van der Waals surface area (Å²) in [6, 6.07) is 11.1. The number of anilines is 2. The van der Waals surface area contributed by atoms with Gasteiger partial charge in [-0.1, -0.05) is 0 Å². The molecule has 0 radical (unpaired) electrons. The molecule has 4 N–H and O–H groups in total. The SMILES string of the molecule is CCOC(C)C(Nc1ccc(C(=O)O)cc1)C(=O)Nc1ccc(C(=O)O)cc1. The van der Waals surface area contributed by atoms with E-state index in [0.717, 1.165) is 0 Å². The first-order valence-corrected chi connectivity index (χ1v) is 8.67. The lowest BCUT2D eigenvalue weighted by Crippen LogP contribution is -2.44. The standard InChI is InChI=1S/C20H22N2O6/c1-3-28-12(2)17(21-15-8-4-13(5-9-15)19(24)25)18(23)22-16-10-6-14(7-11-16)20(26)27/h4-12,17,21H,3H2,1-2H3,(H,22,23)(H,24,25)(H,26,27). The van der Waals surface area contributed by atoms with Crippen molar-refractivity contribution < 1.29 is 29.3 Å². The van der Waals surface area contributed by atoms with Crippen molar-refractivity contribution in [3.05, 3.63) is 59.7 Å². The van der Waals surface area contributed by atoms with Crippen LogP contribution in [0.3, 0.4) is 0 Å². The third-order valence-electron chi connectivity index (χ3n) is 4.03. The second-order valence-electron chi connectivity index (χ2n) is 6.04. The van der Waals surface area contributed by atoms with Gasteiger partial charge in [0, 0.05) is 18.0 Å². The van der Waals surface area contributed by atoms with Crippen molar-refractivity contribution in [3.63, 3.8) is 0 Å². The number of rotatable bonds is 9. The van der Waals surface area contributed by atoms with Crippen LogP contribution >= 0.6 is 0 Å². The number of ether oxygens (including phenoxy) is 1. The molecule has 0 aromatic heterocycles. The normalized spacial score (nSPS) is 12.6. The van der Waals surface area contributed by atoms with Gasteiger partial charge in [-0.05, 0) is 62.4 Å². The number of benzene rings is 2. The summed E-state index contributed by atoms with van der Waals surface area (Å²) in [5.74, 6) is -2.45. The lowest BCUT2D eigenvalue weighted by molar-refractivity contribution is -0.119. The average Bonchev–Trinajstić information content (AvgIpc) is 2.66. The maximum atomic E-state index is 12.8. The van der Waals surface area contributed by atoms with E-state index in [2.05, 4.69) is 10.6 Å². The van der Waals surface area contributed by atoms with Crippen LogP contribution in [-0.4, -0.2) is 46.8 Å². The molecule has 0 bridgehead atoms. The van der Waals surface area contributed by atoms with Crippen LogP contribution in [0, 0.1) is 0 Å². The minimum Gasteiger partial charge on any atom is -0.478 e. The minimum atomic E-state index is -1.05. The number of nitrogens with one attached hydrogen (secondary N) is 2. The Morgan fingerprint density at radius 1 is 0.893 bits per heavy atom. The summed E-state index contributed by atoms with van der Waals surface area (Å²) in [7, 11) is 0. The predicted molar refractivity (Wildman–Crippen MR) is 104 cm³/mol. The summed E-state index contributed by atoms with van der Waals surface area (Å²) in [4.78, 5) is 34.6. The first-order chi connectivity index (χ1) is 13.3. The van der Waals surface area contributed by atoms with Gasteiger partial charge >= 0.3 is 11.9 Å². The molecule has 0 heterocycles. The zero-order valence-electron chi connectivity index (χ0n) is 15.5. The number of aromatic carboxylic acids is 2. The number of hydrogen-bond donors (Lipinski definition) is 4. The molecular formula is C20H22N2O6. The molecular weight excluding hydrogens is 364 g/mol. The molecule has 0 spiro atoms.